The van der Waals surface area contributed by atoms with Gasteiger partial charge in [-0.1, -0.05) is 12.1 Å². The molecule has 0 aliphatic carbocycles. The number of pyridine rings is 1. The summed E-state index contributed by atoms with van der Waals surface area (Å²) in [4.78, 5) is 27.7. The predicted molar refractivity (Wildman–Crippen MR) is 107 cm³/mol. The van der Waals surface area contributed by atoms with Gasteiger partial charge in [0.15, 0.2) is 5.82 Å². The van der Waals surface area contributed by atoms with E-state index < -0.39 is 24.5 Å². The quantitative estimate of drug-likeness (QED) is 0.705. The molecule has 1 atom stereocenters. The SMILES string of the molecule is O=C(NCC(F)(F)F)C1CCCN(c2nc(-c3ccncc3)nc3ccccc23)C1. The van der Waals surface area contributed by atoms with Crippen molar-refractivity contribution >= 4 is 22.6 Å². The van der Waals surface area contributed by atoms with Gasteiger partial charge in [-0.2, -0.15) is 13.2 Å². The van der Waals surface area contributed by atoms with E-state index in [0.29, 0.717) is 37.6 Å². The molecule has 1 aliphatic rings. The first-order chi connectivity index (χ1) is 14.4. The van der Waals surface area contributed by atoms with Crippen molar-refractivity contribution in [2.75, 3.05) is 24.5 Å². The zero-order chi connectivity index (χ0) is 21.1. The third-order valence-corrected chi connectivity index (χ3v) is 5.08. The van der Waals surface area contributed by atoms with Crippen molar-refractivity contribution in [1.82, 2.24) is 20.3 Å². The van der Waals surface area contributed by atoms with Crippen LogP contribution in [0.2, 0.25) is 0 Å². The lowest BCUT2D eigenvalue weighted by Crippen LogP contribution is -2.45. The fourth-order valence-electron chi connectivity index (χ4n) is 3.65. The number of fused-ring (bicyclic) bond motifs is 1. The summed E-state index contributed by atoms with van der Waals surface area (Å²) in [5, 5.41) is 2.85. The molecule has 3 aromatic rings. The number of carbonyl (C=O) groups is 1. The van der Waals surface area contributed by atoms with Gasteiger partial charge in [0.05, 0.1) is 11.4 Å². The first-order valence-electron chi connectivity index (χ1n) is 9.67. The highest BCUT2D eigenvalue weighted by Crippen LogP contribution is 2.30. The molecule has 0 bridgehead atoms. The third kappa shape index (κ3) is 4.50. The van der Waals surface area contributed by atoms with Gasteiger partial charge in [0, 0.05) is 36.4 Å². The number of nitrogens with zero attached hydrogens (tertiary/aromatic N) is 4. The second-order valence-electron chi connectivity index (χ2n) is 7.24. The molecule has 1 saturated heterocycles. The lowest BCUT2D eigenvalue weighted by molar-refractivity contribution is -0.140. The maximum absolute atomic E-state index is 12.5. The Kier molecular flexibility index (Phi) is 5.52. The third-order valence-electron chi connectivity index (χ3n) is 5.08. The summed E-state index contributed by atoms with van der Waals surface area (Å²) in [6.07, 6.45) is 0.130. The van der Waals surface area contributed by atoms with E-state index in [1.807, 2.05) is 46.6 Å². The van der Waals surface area contributed by atoms with Gasteiger partial charge in [0.25, 0.3) is 0 Å². The summed E-state index contributed by atoms with van der Waals surface area (Å²) in [5.74, 6) is 0.111. The smallest absolute Gasteiger partial charge is 0.355 e. The normalized spacial score (nSPS) is 17.2. The monoisotopic (exact) mass is 415 g/mol. The van der Waals surface area contributed by atoms with Gasteiger partial charge in [-0.3, -0.25) is 9.78 Å². The number of anilines is 1. The number of alkyl halides is 3. The zero-order valence-corrected chi connectivity index (χ0v) is 16.1. The molecule has 1 amide bonds. The molecule has 4 rings (SSSR count). The lowest BCUT2D eigenvalue weighted by Gasteiger charge is -2.33. The number of hydrogen-bond donors (Lipinski definition) is 1. The molecule has 156 valence electrons. The molecule has 0 saturated carbocycles. The first-order valence-corrected chi connectivity index (χ1v) is 9.67. The first kappa shape index (κ1) is 20.1. The zero-order valence-electron chi connectivity index (χ0n) is 16.1. The summed E-state index contributed by atoms with van der Waals surface area (Å²) in [6, 6.07) is 11.2. The van der Waals surface area contributed by atoms with Crippen molar-refractivity contribution < 1.29 is 18.0 Å². The molecule has 1 fully saturated rings. The summed E-state index contributed by atoms with van der Waals surface area (Å²) in [5.41, 5.74) is 1.58. The average Bonchev–Trinajstić information content (AvgIpc) is 2.77. The van der Waals surface area contributed by atoms with Crippen LogP contribution < -0.4 is 10.2 Å². The second kappa shape index (κ2) is 8.25. The Morgan fingerprint density at radius 2 is 1.90 bits per heavy atom. The van der Waals surface area contributed by atoms with Crippen molar-refractivity contribution in [3.05, 3.63) is 48.8 Å². The number of aromatic nitrogens is 3. The fourth-order valence-corrected chi connectivity index (χ4v) is 3.65. The highest BCUT2D eigenvalue weighted by atomic mass is 19.4. The minimum Gasteiger partial charge on any atom is -0.355 e. The number of nitrogens with one attached hydrogen (secondary N) is 1. The van der Waals surface area contributed by atoms with Crippen LogP contribution in [0.1, 0.15) is 12.8 Å². The van der Waals surface area contributed by atoms with E-state index in [0.717, 1.165) is 16.5 Å². The Morgan fingerprint density at radius 3 is 2.67 bits per heavy atom. The number of hydrogen-bond acceptors (Lipinski definition) is 5. The van der Waals surface area contributed by atoms with Crippen molar-refractivity contribution in [2.45, 2.75) is 19.0 Å². The number of rotatable bonds is 4. The predicted octanol–water partition coefficient (Wildman–Crippen LogP) is 3.59. The highest BCUT2D eigenvalue weighted by molar-refractivity contribution is 5.91. The number of halogens is 3. The van der Waals surface area contributed by atoms with Gasteiger partial charge in [0.1, 0.15) is 12.4 Å². The summed E-state index contributed by atoms with van der Waals surface area (Å²) < 4.78 is 37.4. The Bertz CT molecular complexity index is 1040. The molecule has 30 heavy (non-hydrogen) atoms. The molecule has 9 heteroatoms. The maximum Gasteiger partial charge on any atom is 0.405 e. The number of piperidine rings is 1. The number of benzene rings is 1. The van der Waals surface area contributed by atoms with E-state index in [1.165, 1.54) is 0 Å². The van der Waals surface area contributed by atoms with Crippen LogP contribution >= 0.6 is 0 Å². The van der Waals surface area contributed by atoms with Crippen molar-refractivity contribution in [3.63, 3.8) is 0 Å². The minimum atomic E-state index is -4.42. The fraction of sp³-hybridized carbons (Fsp3) is 0.333. The minimum absolute atomic E-state index is 0.306. The Morgan fingerprint density at radius 1 is 1.13 bits per heavy atom. The van der Waals surface area contributed by atoms with E-state index in [2.05, 4.69) is 9.97 Å². The molecule has 0 radical (unpaired) electrons. The van der Waals surface area contributed by atoms with Crippen LogP contribution in [0, 0.1) is 5.92 Å². The number of para-hydroxylation sites is 1. The molecular formula is C21H20F3N5O. The van der Waals surface area contributed by atoms with Crippen LogP contribution in [-0.2, 0) is 4.79 Å². The summed E-state index contributed by atoms with van der Waals surface area (Å²) in [7, 11) is 0. The largest absolute Gasteiger partial charge is 0.405 e. The van der Waals surface area contributed by atoms with Gasteiger partial charge in [-0.15, -0.1) is 0 Å². The van der Waals surface area contributed by atoms with Crippen molar-refractivity contribution in [1.29, 1.82) is 0 Å². The number of carbonyl (C=O) groups excluding carboxylic acids is 1. The van der Waals surface area contributed by atoms with Gasteiger partial charge >= 0.3 is 6.18 Å². The van der Waals surface area contributed by atoms with Crippen LogP contribution in [0.25, 0.3) is 22.3 Å². The highest BCUT2D eigenvalue weighted by Gasteiger charge is 2.32. The lowest BCUT2D eigenvalue weighted by atomic mass is 9.96. The number of amides is 1. The van der Waals surface area contributed by atoms with Gasteiger partial charge in [-0.25, -0.2) is 9.97 Å². The Labute approximate surface area is 171 Å². The molecule has 1 N–H and O–H groups in total. The van der Waals surface area contributed by atoms with Gasteiger partial charge in [0.2, 0.25) is 5.91 Å². The molecule has 3 heterocycles. The van der Waals surface area contributed by atoms with Gasteiger partial charge < -0.3 is 10.2 Å². The molecular weight excluding hydrogens is 395 g/mol. The van der Waals surface area contributed by atoms with Crippen LogP contribution in [0.4, 0.5) is 19.0 Å². The topological polar surface area (TPSA) is 71.0 Å². The van der Waals surface area contributed by atoms with Crippen LogP contribution in [0.5, 0.6) is 0 Å². The molecule has 1 unspecified atom stereocenters. The average molecular weight is 415 g/mol. The standard InChI is InChI=1S/C21H20F3N5O/c22-21(23,24)13-26-20(30)15-4-3-11-29(12-15)19-16-5-1-2-6-17(16)27-18(28-19)14-7-9-25-10-8-14/h1-2,5-10,15H,3-4,11-13H2,(H,26,30). The Balaban J connectivity index is 1.64. The molecule has 6 nitrogen and oxygen atoms in total. The van der Waals surface area contributed by atoms with E-state index in [-0.39, 0.29) is 0 Å². The summed E-state index contributed by atoms with van der Waals surface area (Å²) in [6.45, 7) is -0.342. The Hall–Kier alpha value is -3.23. The molecule has 1 aromatic carbocycles. The summed E-state index contributed by atoms with van der Waals surface area (Å²) >= 11 is 0. The van der Waals surface area contributed by atoms with Crippen LogP contribution in [0.3, 0.4) is 0 Å². The molecule has 0 spiro atoms. The second-order valence-corrected chi connectivity index (χ2v) is 7.24. The van der Waals surface area contributed by atoms with E-state index in [9.17, 15) is 18.0 Å². The van der Waals surface area contributed by atoms with E-state index in [4.69, 9.17) is 4.98 Å². The van der Waals surface area contributed by atoms with Gasteiger partial charge in [-0.05, 0) is 37.1 Å². The molecule has 1 aliphatic heterocycles. The van der Waals surface area contributed by atoms with Crippen molar-refractivity contribution in [2.24, 2.45) is 5.92 Å². The van der Waals surface area contributed by atoms with E-state index >= 15 is 0 Å². The van der Waals surface area contributed by atoms with E-state index in [1.54, 1.807) is 12.4 Å². The van der Waals surface area contributed by atoms with Crippen LogP contribution in [-0.4, -0.2) is 46.7 Å². The van der Waals surface area contributed by atoms with Crippen LogP contribution in [0.15, 0.2) is 48.8 Å². The molecule has 2 aromatic heterocycles. The van der Waals surface area contributed by atoms with Crippen molar-refractivity contribution in [3.8, 4) is 11.4 Å². The maximum atomic E-state index is 12.5.